The molecule has 19 heavy (non-hydrogen) atoms. The van der Waals surface area contributed by atoms with Gasteiger partial charge in [0.25, 0.3) is 0 Å². The third-order valence-corrected chi connectivity index (χ3v) is 4.47. The number of rotatable bonds is 2. The topological polar surface area (TPSA) is 65.0 Å². The van der Waals surface area contributed by atoms with Crippen molar-refractivity contribution in [2.45, 2.75) is 43.5 Å². The first-order valence-electron chi connectivity index (χ1n) is 6.92. The molecule has 2 aliphatic heterocycles. The van der Waals surface area contributed by atoms with Crippen molar-refractivity contribution in [3.63, 3.8) is 0 Å². The summed E-state index contributed by atoms with van der Waals surface area (Å²) in [7, 11) is 1.47. The number of fused-ring (bicyclic) bond motifs is 1. The van der Waals surface area contributed by atoms with Crippen molar-refractivity contribution in [2.75, 3.05) is 20.3 Å². The van der Waals surface area contributed by atoms with Crippen molar-refractivity contribution in [2.24, 2.45) is 5.92 Å². The highest BCUT2D eigenvalue weighted by molar-refractivity contribution is 5.91. The Bertz CT molecular complexity index is 418. The van der Waals surface area contributed by atoms with Crippen molar-refractivity contribution in [3.05, 3.63) is 11.8 Å². The van der Waals surface area contributed by atoms with Crippen molar-refractivity contribution in [1.29, 1.82) is 0 Å². The highest BCUT2D eigenvalue weighted by Crippen LogP contribution is 2.52. The van der Waals surface area contributed by atoms with E-state index in [0.717, 1.165) is 19.3 Å². The molecular weight excluding hydrogens is 248 g/mol. The van der Waals surface area contributed by atoms with Gasteiger partial charge < -0.3 is 19.3 Å². The average molecular weight is 268 g/mol. The zero-order chi connectivity index (χ0) is 13.5. The van der Waals surface area contributed by atoms with Gasteiger partial charge in [-0.25, -0.2) is 0 Å². The quantitative estimate of drug-likeness (QED) is 0.814. The lowest BCUT2D eigenvalue weighted by molar-refractivity contribution is -0.262. The van der Waals surface area contributed by atoms with Gasteiger partial charge in [-0.3, -0.25) is 4.79 Å². The SMILES string of the molecule is CO[C@]12OCCC[C@H]1[C@](O)(C1=CCCCO1)CC2=O. The van der Waals surface area contributed by atoms with Gasteiger partial charge in [-0.2, -0.15) is 0 Å². The van der Waals surface area contributed by atoms with E-state index in [1.165, 1.54) is 7.11 Å². The number of methoxy groups -OCH3 is 1. The predicted octanol–water partition coefficient (Wildman–Crippen LogP) is 1.15. The van der Waals surface area contributed by atoms with Crippen LogP contribution in [-0.2, 0) is 19.0 Å². The molecule has 3 aliphatic rings. The largest absolute Gasteiger partial charge is 0.495 e. The van der Waals surface area contributed by atoms with Gasteiger partial charge in [0.05, 0.1) is 19.1 Å². The summed E-state index contributed by atoms with van der Waals surface area (Å²) in [6, 6.07) is 0. The van der Waals surface area contributed by atoms with Crippen LogP contribution in [0.3, 0.4) is 0 Å². The average Bonchev–Trinajstić information content (AvgIpc) is 2.70. The molecule has 1 saturated heterocycles. The zero-order valence-electron chi connectivity index (χ0n) is 11.2. The molecule has 1 N–H and O–H groups in total. The summed E-state index contributed by atoms with van der Waals surface area (Å²) in [5.74, 6) is -1.32. The molecule has 0 unspecified atom stereocenters. The number of hydrogen-bond donors (Lipinski definition) is 1. The van der Waals surface area contributed by atoms with Crippen molar-refractivity contribution in [3.8, 4) is 0 Å². The maximum Gasteiger partial charge on any atom is 0.234 e. The molecule has 1 saturated carbocycles. The van der Waals surface area contributed by atoms with Gasteiger partial charge in [-0.15, -0.1) is 0 Å². The summed E-state index contributed by atoms with van der Waals surface area (Å²) in [5, 5.41) is 11.0. The minimum absolute atomic E-state index is 0.0112. The van der Waals surface area contributed by atoms with Gasteiger partial charge in [0.15, 0.2) is 5.78 Å². The zero-order valence-corrected chi connectivity index (χ0v) is 11.2. The first-order valence-corrected chi connectivity index (χ1v) is 6.92. The van der Waals surface area contributed by atoms with Gasteiger partial charge in [-0.05, 0) is 31.8 Å². The van der Waals surface area contributed by atoms with Gasteiger partial charge in [0, 0.05) is 13.5 Å². The maximum absolute atomic E-state index is 12.3. The second-order valence-electron chi connectivity index (χ2n) is 5.50. The summed E-state index contributed by atoms with van der Waals surface area (Å²) >= 11 is 0. The Balaban J connectivity index is 1.99. The molecule has 2 heterocycles. The van der Waals surface area contributed by atoms with Crippen LogP contribution in [0.4, 0.5) is 0 Å². The molecule has 0 aromatic rings. The Morgan fingerprint density at radius 1 is 1.42 bits per heavy atom. The van der Waals surface area contributed by atoms with Gasteiger partial charge in [0.2, 0.25) is 5.79 Å². The summed E-state index contributed by atoms with van der Waals surface area (Å²) in [6.45, 7) is 1.09. The number of ketones is 1. The number of aliphatic hydroxyl groups is 1. The standard InChI is InChI=1S/C14H20O5/c1-17-14-10(5-4-8-19-14)13(16,9-11(14)15)12-6-2-3-7-18-12/h6,10,16H,2-5,7-9H2,1H3/t10-,13-,14-/m0/s1. The molecule has 3 atom stereocenters. The Morgan fingerprint density at radius 2 is 2.26 bits per heavy atom. The monoisotopic (exact) mass is 268 g/mol. The molecule has 0 spiro atoms. The van der Waals surface area contributed by atoms with E-state index in [9.17, 15) is 9.90 Å². The number of allylic oxidation sites excluding steroid dienone is 1. The van der Waals surface area contributed by atoms with Gasteiger partial charge in [0.1, 0.15) is 11.4 Å². The third kappa shape index (κ3) is 1.75. The van der Waals surface area contributed by atoms with Crippen molar-refractivity contribution >= 4 is 5.78 Å². The molecule has 0 aromatic heterocycles. The fourth-order valence-electron chi connectivity index (χ4n) is 3.55. The van der Waals surface area contributed by atoms with Crippen LogP contribution < -0.4 is 0 Å². The number of carbonyl (C=O) groups excluding carboxylic acids is 1. The van der Waals surface area contributed by atoms with Crippen LogP contribution in [0.5, 0.6) is 0 Å². The first kappa shape index (κ1) is 13.1. The number of carbonyl (C=O) groups is 1. The minimum Gasteiger partial charge on any atom is -0.495 e. The number of Topliss-reactive ketones (excluding diaryl/α,β-unsaturated/α-hetero) is 1. The fraction of sp³-hybridized carbons (Fsp3) is 0.786. The van der Waals surface area contributed by atoms with Crippen LogP contribution in [0.25, 0.3) is 0 Å². The summed E-state index contributed by atoms with van der Waals surface area (Å²) in [4.78, 5) is 12.3. The molecule has 0 radical (unpaired) electrons. The Hall–Kier alpha value is -0.910. The van der Waals surface area contributed by atoms with Crippen LogP contribution in [0.1, 0.15) is 32.1 Å². The van der Waals surface area contributed by atoms with E-state index in [2.05, 4.69) is 0 Å². The van der Waals surface area contributed by atoms with E-state index in [1.807, 2.05) is 6.08 Å². The predicted molar refractivity (Wildman–Crippen MR) is 66.3 cm³/mol. The van der Waals surface area contributed by atoms with Crippen LogP contribution >= 0.6 is 0 Å². The summed E-state index contributed by atoms with van der Waals surface area (Å²) < 4.78 is 16.6. The van der Waals surface area contributed by atoms with E-state index in [4.69, 9.17) is 14.2 Å². The second-order valence-corrected chi connectivity index (χ2v) is 5.50. The van der Waals surface area contributed by atoms with Crippen LogP contribution in [0.2, 0.25) is 0 Å². The van der Waals surface area contributed by atoms with Gasteiger partial charge in [-0.1, -0.05) is 0 Å². The van der Waals surface area contributed by atoms with E-state index in [-0.39, 0.29) is 18.1 Å². The normalized spacial score (nSPS) is 42.5. The molecule has 5 heteroatoms. The highest BCUT2D eigenvalue weighted by Gasteiger charge is 2.66. The van der Waals surface area contributed by atoms with E-state index >= 15 is 0 Å². The van der Waals surface area contributed by atoms with Crippen LogP contribution in [0, 0.1) is 5.92 Å². The molecule has 5 nitrogen and oxygen atoms in total. The third-order valence-electron chi connectivity index (χ3n) is 4.47. The van der Waals surface area contributed by atoms with Crippen molar-refractivity contribution in [1.82, 2.24) is 0 Å². The lowest BCUT2D eigenvalue weighted by Crippen LogP contribution is -2.53. The molecule has 1 aliphatic carbocycles. The van der Waals surface area contributed by atoms with E-state index in [0.29, 0.717) is 25.4 Å². The molecule has 3 rings (SSSR count). The smallest absolute Gasteiger partial charge is 0.234 e. The van der Waals surface area contributed by atoms with Gasteiger partial charge >= 0.3 is 0 Å². The fourth-order valence-corrected chi connectivity index (χ4v) is 3.55. The molecular formula is C14H20O5. The summed E-state index contributed by atoms with van der Waals surface area (Å²) in [5.41, 5.74) is -1.27. The molecule has 0 bridgehead atoms. The van der Waals surface area contributed by atoms with E-state index < -0.39 is 11.4 Å². The Morgan fingerprint density at radius 3 is 2.95 bits per heavy atom. The number of hydrogen-bond acceptors (Lipinski definition) is 5. The minimum atomic E-state index is -1.28. The first-order chi connectivity index (χ1) is 9.13. The van der Waals surface area contributed by atoms with Crippen molar-refractivity contribution < 1.29 is 24.1 Å². The molecule has 106 valence electrons. The highest BCUT2D eigenvalue weighted by atomic mass is 16.7. The maximum atomic E-state index is 12.3. The van der Waals surface area contributed by atoms with E-state index in [1.54, 1.807) is 0 Å². The second kappa shape index (κ2) is 4.58. The molecule has 2 fully saturated rings. The molecule has 0 aromatic carbocycles. The Labute approximate surface area is 112 Å². The van der Waals surface area contributed by atoms with Crippen LogP contribution in [0.15, 0.2) is 11.8 Å². The lowest BCUT2D eigenvalue weighted by atomic mass is 9.81. The Kier molecular flexibility index (Phi) is 3.15. The van der Waals surface area contributed by atoms with Crippen LogP contribution in [-0.4, -0.2) is 42.6 Å². The lowest BCUT2D eigenvalue weighted by Gasteiger charge is -2.42. The number of ether oxygens (including phenoxy) is 3. The molecule has 0 amide bonds. The summed E-state index contributed by atoms with van der Waals surface area (Å²) in [6.07, 6.45) is 5.26.